The summed E-state index contributed by atoms with van der Waals surface area (Å²) in [7, 11) is 0. The van der Waals surface area contributed by atoms with Gasteiger partial charge in [-0.1, -0.05) is 18.2 Å². The molecule has 1 atom stereocenters. The Hall–Kier alpha value is -2.85. The van der Waals surface area contributed by atoms with Gasteiger partial charge in [-0.2, -0.15) is 13.2 Å². The topological polar surface area (TPSA) is 95.3 Å². The van der Waals surface area contributed by atoms with E-state index < -0.39 is 11.9 Å². The third-order valence-corrected chi connectivity index (χ3v) is 4.88. The zero-order chi connectivity index (χ0) is 21.1. The van der Waals surface area contributed by atoms with Gasteiger partial charge in [0.05, 0.1) is 31.3 Å². The average Bonchev–Trinajstić information content (AvgIpc) is 3.14. The molecular formula is C20H21F3N4O3. The van der Waals surface area contributed by atoms with Crippen molar-refractivity contribution >= 4 is 16.9 Å². The Morgan fingerprint density at radius 3 is 2.67 bits per heavy atom. The molecule has 0 spiro atoms. The number of para-hydroxylation sites is 1. The van der Waals surface area contributed by atoms with E-state index in [0.29, 0.717) is 12.5 Å². The molecule has 7 nitrogen and oxygen atoms in total. The Morgan fingerprint density at radius 2 is 1.97 bits per heavy atom. The molecule has 0 radical (unpaired) electrons. The van der Waals surface area contributed by atoms with Crippen LogP contribution in [0.15, 0.2) is 36.7 Å². The molecule has 2 aromatic heterocycles. The second kappa shape index (κ2) is 8.49. The molecule has 0 aliphatic carbocycles. The molecule has 0 saturated carbocycles. The SMILES string of the molecule is Nc1ncnc2[nH]c(C(F)(F)F)cc12.c1ccc2c(c1)CC(OCC1COC1)CO2. The van der Waals surface area contributed by atoms with Crippen LogP contribution in [0.4, 0.5) is 19.0 Å². The summed E-state index contributed by atoms with van der Waals surface area (Å²) >= 11 is 0. The van der Waals surface area contributed by atoms with E-state index in [0.717, 1.165) is 44.4 Å². The van der Waals surface area contributed by atoms with Crippen molar-refractivity contribution in [3.8, 4) is 5.75 Å². The largest absolute Gasteiger partial charge is 0.491 e. The molecule has 1 unspecified atom stereocenters. The molecule has 2 aliphatic rings. The maximum atomic E-state index is 12.2. The highest BCUT2D eigenvalue weighted by Crippen LogP contribution is 2.31. The first-order valence-corrected chi connectivity index (χ1v) is 9.46. The molecule has 1 fully saturated rings. The molecule has 3 N–H and O–H groups in total. The van der Waals surface area contributed by atoms with Gasteiger partial charge in [-0.05, 0) is 17.7 Å². The molecular weight excluding hydrogens is 401 g/mol. The number of aromatic amines is 1. The van der Waals surface area contributed by atoms with Gasteiger partial charge >= 0.3 is 6.18 Å². The lowest BCUT2D eigenvalue weighted by Gasteiger charge is -2.30. The van der Waals surface area contributed by atoms with Gasteiger partial charge in [0.25, 0.3) is 0 Å². The summed E-state index contributed by atoms with van der Waals surface area (Å²) in [4.78, 5) is 9.33. The van der Waals surface area contributed by atoms with Crippen LogP contribution in [-0.2, 0) is 22.1 Å². The van der Waals surface area contributed by atoms with Crippen LogP contribution in [0.2, 0.25) is 0 Å². The number of nitrogens with zero attached hydrogens (tertiary/aromatic N) is 2. The fraction of sp³-hybridized carbons (Fsp3) is 0.400. The van der Waals surface area contributed by atoms with E-state index in [9.17, 15) is 13.2 Å². The number of ether oxygens (including phenoxy) is 3. The zero-order valence-electron chi connectivity index (χ0n) is 16.0. The van der Waals surface area contributed by atoms with Crippen LogP contribution in [0.25, 0.3) is 11.0 Å². The molecule has 1 saturated heterocycles. The van der Waals surface area contributed by atoms with Crippen LogP contribution >= 0.6 is 0 Å². The third-order valence-electron chi connectivity index (χ3n) is 4.88. The van der Waals surface area contributed by atoms with E-state index in [2.05, 4.69) is 21.0 Å². The van der Waals surface area contributed by atoms with Crippen molar-refractivity contribution in [1.29, 1.82) is 0 Å². The number of halogens is 3. The molecule has 10 heteroatoms. The number of nitrogens with one attached hydrogen (secondary N) is 1. The smallest absolute Gasteiger partial charge is 0.431 e. The van der Waals surface area contributed by atoms with Crippen LogP contribution < -0.4 is 10.5 Å². The second-order valence-corrected chi connectivity index (χ2v) is 7.18. The molecule has 4 heterocycles. The second-order valence-electron chi connectivity index (χ2n) is 7.18. The Balaban J connectivity index is 0.000000147. The summed E-state index contributed by atoms with van der Waals surface area (Å²) in [5.74, 6) is 1.63. The van der Waals surface area contributed by atoms with Gasteiger partial charge in [-0.15, -0.1) is 0 Å². The molecule has 0 amide bonds. The van der Waals surface area contributed by atoms with E-state index in [1.54, 1.807) is 0 Å². The first-order chi connectivity index (χ1) is 14.4. The number of fused-ring (bicyclic) bond motifs is 2. The maximum Gasteiger partial charge on any atom is 0.431 e. The Kier molecular flexibility index (Phi) is 5.78. The maximum absolute atomic E-state index is 12.2. The van der Waals surface area contributed by atoms with E-state index in [-0.39, 0.29) is 23.0 Å². The highest BCUT2D eigenvalue weighted by Gasteiger charge is 2.33. The average molecular weight is 422 g/mol. The van der Waals surface area contributed by atoms with Gasteiger partial charge in [0.15, 0.2) is 0 Å². The van der Waals surface area contributed by atoms with Gasteiger partial charge in [0.1, 0.15) is 35.8 Å². The van der Waals surface area contributed by atoms with Crippen molar-refractivity contribution in [2.45, 2.75) is 18.7 Å². The standard InChI is InChI=1S/C13H16O3.C7H5F3N4/c1-2-4-13-11(3-1)5-12(9-16-13)15-8-10-6-14-7-10;8-7(9,10)4-1-3-5(11)12-2-13-6(3)14-4/h1-4,10,12H,5-9H2;1-2H,(H3,11,12,13,14). The van der Waals surface area contributed by atoms with Gasteiger partial charge in [-0.25, -0.2) is 9.97 Å². The highest BCUT2D eigenvalue weighted by atomic mass is 19.4. The highest BCUT2D eigenvalue weighted by molar-refractivity contribution is 5.86. The number of hydrogen-bond donors (Lipinski definition) is 2. The van der Waals surface area contributed by atoms with Crippen LogP contribution in [0.1, 0.15) is 11.3 Å². The van der Waals surface area contributed by atoms with Crippen LogP contribution in [0, 0.1) is 5.92 Å². The summed E-state index contributed by atoms with van der Waals surface area (Å²) in [5.41, 5.74) is 5.84. The third kappa shape index (κ3) is 4.65. The van der Waals surface area contributed by atoms with E-state index >= 15 is 0 Å². The molecule has 0 bridgehead atoms. The fourth-order valence-electron chi connectivity index (χ4n) is 3.17. The van der Waals surface area contributed by atoms with E-state index in [1.165, 1.54) is 5.56 Å². The predicted octanol–water partition coefficient (Wildman–Crippen LogP) is 3.21. The number of anilines is 1. The number of rotatable bonds is 3. The number of nitrogen functional groups attached to an aromatic ring is 1. The normalized spacial score (nSPS) is 18.7. The lowest BCUT2D eigenvalue weighted by molar-refractivity contribution is -0.140. The summed E-state index contributed by atoms with van der Waals surface area (Å²) in [6, 6.07) is 9.07. The number of benzene rings is 1. The minimum Gasteiger partial charge on any atom is -0.491 e. The summed E-state index contributed by atoms with van der Waals surface area (Å²) in [5, 5.41) is 0.180. The first kappa shape index (κ1) is 20.4. The van der Waals surface area contributed by atoms with E-state index in [1.807, 2.05) is 18.2 Å². The lowest BCUT2D eigenvalue weighted by Crippen LogP contribution is -2.36. The van der Waals surface area contributed by atoms with E-state index in [4.69, 9.17) is 19.9 Å². The zero-order valence-corrected chi connectivity index (χ0v) is 16.0. The van der Waals surface area contributed by atoms with Gasteiger partial charge in [0.2, 0.25) is 0 Å². The number of alkyl halides is 3. The first-order valence-electron chi connectivity index (χ1n) is 9.46. The van der Waals surface area contributed by atoms with Gasteiger partial charge < -0.3 is 24.9 Å². The Labute approximate surface area is 170 Å². The van der Waals surface area contributed by atoms with Crippen LogP contribution in [-0.4, -0.2) is 47.5 Å². The van der Waals surface area contributed by atoms with Crippen LogP contribution in [0.5, 0.6) is 5.75 Å². The minimum atomic E-state index is -4.42. The van der Waals surface area contributed by atoms with Crippen molar-refractivity contribution in [3.05, 3.63) is 47.9 Å². The predicted molar refractivity (Wildman–Crippen MR) is 103 cm³/mol. The number of H-pyrrole nitrogens is 1. The molecule has 5 rings (SSSR count). The lowest BCUT2D eigenvalue weighted by atomic mass is 10.0. The molecule has 1 aromatic carbocycles. The number of aromatic nitrogens is 3. The van der Waals surface area contributed by atoms with Crippen LogP contribution in [0.3, 0.4) is 0 Å². The number of hydrogen-bond acceptors (Lipinski definition) is 6. The molecule has 160 valence electrons. The minimum absolute atomic E-state index is 0.0294. The Morgan fingerprint density at radius 1 is 1.17 bits per heavy atom. The Bertz CT molecular complexity index is 1000. The monoisotopic (exact) mass is 422 g/mol. The van der Waals surface area contributed by atoms with Crippen molar-refractivity contribution in [2.75, 3.05) is 32.2 Å². The summed E-state index contributed by atoms with van der Waals surface area (Å²) < 4.78 is 53.3. The van der Waals surface area contributed by atoms with Gasteiger partial charge in [-0.3, -0.25) is 0 Å². The summed E-state index contributed by atoms with van der Waals surface area (Å²) in [6.07, 6.45) is -2.15. The summed E-state index contributed by atoms with van der Waals surface area (Å²) in [6.45, 7) is 3.18. The quantitative estimate of drug-likeness (QED) is 0.673. The fourth-order valence-corrected chi connectivity index (χ4v) is 3.17. The van der Waals surface area contributed by atoms with Gasteiger partial charge in [0, 0.05) is 12.3 Å². The molecule has 30 heavy (non-hydrogen) atoms. The van der Waals surface area contributed by atoms with Crippen molar-refractivity contribution in [2.24, 2.45) is 5.92 Å². The number of nitrogens with two attached hydrogens (primary N) is 1. The van der Waals surface area contributed by atoms with Crippen molar-refractivity contribution in [1.82, 2.24) is 15.0 Å². The molecule has 2 aliphatic heterocycles. The van der Waals surface area contributed by atoms with Crippen molar-refractivity contribution < 1.29 is 27.4 Å². The van der Waals surface area contributed by atoms with Crippen molar-refractivity contribution in [3.63, 3.8) is 0 Å². The molecule has 3 aromatic rings.